The lowest BCUT2D eigenvalue weighted by Crippen LogP contribution is -2.47. The van der Waals surface area contributed by atoms with Crippen LogP contribution in [0.15, 0.2) is 30.3 Å². The minimum absolute atomic E-state index is 0.108. The molecule has 0 unspecified atom stereocenters. The van der Waals surface area contributed by atoms with Crippen molar-refractivity contribution in [1.82, 2.24) is 0 Å². The quantitative estimate of drug-likeness (QED) is 0.279. The fourth-order valence-corrected chi connectivity index (χ4v) is 3.64. The number of hydrogen-bond acceptors (Lipinski definition) is 7. The maximum atomic E-state index is 13.4. The number of carbonyl (C=O) groups is 2. The van der Waals surface area contributed by atoms with E-state index in [1.54, 1.807) is 12.1 Å². The fourth-order valence-electron chi connectivity index (χ4n) is 3.16. The Morgan fingerprint density at radius 2 is 1.61 bits per heavy atom. The molecule has 0 heterocycles. The Hall–Kier alpha value is -2.25. The molecule has 1 aliphatic carbocycles. The second-order valence-corrected chi connectivity index (χ2v) is 9.01. The highest BCUT2D eigenvalue weighted by molar-refractivity contribution is 7.87. The first-order valence-electron chi connectivity index (χ1n) is 10.0. The van der Waals surface area contributed by atoms with E-state index in [0.29, 0.717) is 12.8 Å². The molecule has 0 radical (unpaired) electrons. The number of benzene rings is 1. The van der Waals surface area contributed by atoms with Crippen LogP contribution in [0.2, 0.25) is 0 Å². The number of halogens is 4. The van der Waals surface area contributed by atoms with Crippen molar-refractivity contribution in [3.8, 4) is 0 Å². The number of esters is 2. The first-order chi connectivity index (χ1) is 15.3. The van der Waals surface area contributed by atoms with Crippen LogP contribution >= 0.6 is 0 Å². The highest BCUT2D eigenvalue weighted by atomic mass is 32.2. The predicted octanol–water partition coefficient (Wildman–Crippen LogP) is 3.35. The molecule has 8 nitrogen and oxygen atoms in total. The fraction of sp³-hybridized carbons (Fsp3) is 0.600. The predicted molar refractivity (Wildman–Crippen MR) is 105 cm³/mol. The molecule has 1 aromatic carbocycles. The molecule has 186 valence electrons. The molecule has 1 aliphatic rings. The van der Waals surface area contributed by atoms with Gasteiger partial charge in [-0.3, -0.25) is 9.35 Å². The van der Waals surface area contributed by atoms with Gasteiger partial charge in [0, 0.05) is 0 Å². The van der Waals surface area contributed by atoms with E-state index in [2.05, 4.69) is 4.74 Å². The lowest BCUT2D eigenvalue weighted by atomic mass is 9.87. The number of ether oxygens (including phenoxy) is 3. The van der Waals surface area contributed by atoms with Crippen molar-refractivity contribution in [2.24, 2.45) is 5.92 Å². The number of carbonyl (C=O) groups excluding carboxylic acids is 2. The van der Waals surface area contributed by atoms with Crippen LogP contribution in [0.1, 0.15) is 37.7 Å². The number of alkyl halides is 4. The SMILES string of the molecule is O=C(COC1CCC(C(=O)OCCC(F)(F)C(F)(F)S(=O)(=O)O)CC1)OCc1ccccc1. The standard InChI is InChI=1S/C20H24F4O8S/c21-19(22,20(23,24)33(27,28)29)10-11-30-18(26)15-6-8-16(9-7-15)31-13-17(25)32-12-14-4-2-1-3-5-14/h1-5,15-16H,6-13H2,(H,27,28,29). The van der Waals surface area contributed by atoms with Crippen molar-refractivity contribution < 1.29 is 54.3 Å². The summed E-state index contributed by atoms with van der Waals surface area (Å²) in [6.07, 6.45) is -0.822. The second kappa shape index (κ2) is 11.3. The number of rotatable bonds is 11. The highest BCUT2D eigenvalue weighted by Gasteiger charge is 2.65. The van der Waals surface area contributed by atoms with Gasteiger partial charge < -0.3 is 14.2 Å². The van der Waals surface area contributed by atoms with Gasteiger partial charge in [0.25, 0.3) is 0 Å². The molecule has 0 aliphatic heterocycles. The van der Waals surface area contributed by atoms with Crippen molar-refractivity contribution in [3.63, 3.8) is 0 Å². The van der Waals surface area contributed by atoms with Crippen molar-refractivity contribution in [1.29, 1.82) is 0 Å². The molecule has 0 atom stereocenters. The zero-order chi connectivity index (χ0) is 24.7. The Labute approximate surface area is 187 Å². The van der Waals surface area contributed by atoms with Gasteiger partial charge in [-0.15, -0.1) is 0 Å². The average molecular weight is 500 g/mol. The molecule has 0 spiro atoms. The molecule has 13 heteroatoms. The summed E-state index contributed by atoms with van der Waals surface area (Å²) in [6, 6.07) is 9.05. The molecule has 1 aromatic rings. The summed E-state index contributed by atoms with van der Waals surface area (Å²) in [5, 5.41) is -5.70. The molecule has 1 fully saturated rings. The molecule has 0 saturated heterocycles. The molecule has 0 bridgehead atoms. The Morgan fingerprint density at radius 3 is 2.18 bits per heavy atom. The summed E-state index contributed by atoms with van der Waals surface area (Å²) >= 11 is 0. The highest BCUT2D eigenvalue weighted by Crippen LogP contribution is 2.40. The molecule has 1 N–H and O–H groups in total. The van der Waals surface area contributed by atoms with E-state index in [9.17, 15) is 35.6 Å². The third-order valence-electron chi connectivity index (χ3n) is 5.10. The molecule has 0 aromatic heterocycles. The van der Waals surface area contributed by atoms with Crippen LogP contribution in [0, 0.1) is 5.92 Å². The summed E-state index contributed by atoms with van der Waals surface area (Å²) in [5.74, 6) is -7.24. The van der Waals surface area contributed by atoms with E-state index in [0.717, 1.165) is 5.56 Å². The number of hydrogen-bond donors (Lipinski definition) is 1. The topological polar surface area (TPSA) is 116 Å². The molecular formula is C20H24F4O8S. The van der Waals surface area contributed by atoms with Gasteiger partial charge in [-0.2, -0.15) is 26.0 Å². The second-order valence-electron chi connectivity index (χ2n) is 7.54. The van der Waals surface area contributed by atoms with Gasteiger partial charge in [0.15, 0.2) is 0 Å². The van der Waals surface area contributed by atoms with Gasteiger partial charge in [0.1, 0.15) is 13.2 Å². The molecule has 1 saturated carbocycles. The van der Waals surface area contributed by atoms with Crippen molar-refractivity contribution in [3.05, 3.63) is 35.9 Å². The zero-order valence-electron chi connectivity index (χ0n) is 17.4. The van der Waals surface area contributed by atoms with E-state index in [-0.39, 0.29) is 32.2 Å². The summed E-state index contributed by atoms with van der Waals surface area (Å²) in [6.45, 7) is -1.32. The van der Waals surface area contributed by atoms with Gasteiger partial charge in [0.05, 0.1) is 25.0 Å². The largest absolute Gasteiger partial charge is 0.465 e. The van der Waals surface area contributed by atoms with Gasteiger partial charge in [0.2, 0.25) is 0 Å². The maximum absolute atomic E-state index is 13.4. The first-order valence-corrected chi connectivity index (χ1v) is 11.5. The average Bonchev–Trinajstić information content (AvgIpc) is 2.76. The van der Waals surface area contributed by atoms with Crippen LogP contribution in [0.3, 0.4) is 0 Å². The van der Waals surface area contributed by atoms with Crippen LogP contribution in [-0.2, 0) is 40.5 Å². The third kappa shape index (κ3) is 7.64. The van der Waals surface area contributed by atoms with Crippen LogP contribution in [0.25, 0.3) is 0 Å². The van der Waals surface area contributed by atoms with Crippen LogP contribution in [0.4, 0.5) is 17.6 Å². The van der Waals surface area contributed by atoms with E-state index < -0.39 is 52.2 Å². The van der Waals surface area contributed by atoms with Gasteiger partial charge >= 0.3 is 33.2 Å². The smallest absolute Gasteiger partial charge is 0.431 e. The third-order valence-corrected chi connectivity index (χ3v) is 6.04. The van der Waals surface area contributed by atoms with Crippen LogP contribution in [0.5, 0.6) is 0 Å². The summed E-state index contributed by atoms with van der Waals surface area (Å²) in [7, 11) is -6.34. The van der Waals surface area contributed by atoms with Crippen molar-refractivity contribution >= 4 is 22.1 Å². The molecule has 2 rings (SSSR count). The van der Waals surface area contributed by atoms with E-state index in [4.69, 9.17) is 14.0 Å². The van der Waals surface area contributed by atoms with E-state index in [1.165, 1.54) is 0 Å². The normalized spacial score (nSPS) is 19.7. The van der Waals surface area contributed by atoms with Gasteiger partial charge in [-0.05, 0) is 31.2 Å². The molecule has 33 heavy (non-hydrogen) atoms. The first kappa shape index (κ1) is 27.0. The summed E-state index contributed by atoms with van der Waals surface area (Å²) < 4.78 is 97.4. The Morgan fingerprint density at radius 1 is 1.00 bits per heavy atom. The maximum Gasteiger partial charge on any atom is 0.431 e. The minimum atomic E-state index is -6.34. The van der Waals surface area contributed by atoms with E-state index >= 15 is 0 Å². The molecule has 0 amide bonds. The minimum Gasteiger partial charge on any atom is -0.465 e. The molecular weight excluding hydrogens is 476 g/mol. The lowest BCUT2D eigenvalue weighted by molar-refractivity contribution is -0.176. The zero-order valence-corrected chi connectivity index (χ0v) is 18.2. The van der Waals surface area contributed by atoms with Gasteiger partial charge in [-0.1, -0.05) is 30.3 Å². The van der Waals surface area contributed by atoms with Crippen molar-refractivity contribution in [2.45, 2.75) is 56.0 Å². The summed E-state index contributed by atoms with van der Waals surface area (Å²) in [4.78, 5) is 23.8. The van der Waals surface area contributed by atoms with Crippen LogP contribution in [-0.4, -0.2) is 55.4 Å². The Bertz CT molecular complexity index is 900. The Kier molecular flexibility index (Phi) is 9.20. The summed E-state index contributed by atoms with van der Waals surface area (Å²) in [5.41, 5.74) is 0.823. The van der Waals surface area contributed by atoms with Crippen molar-refractivity contribution in [2.75, 3.05) is 13.2 Å². The monoisotopic (exact) mass is 500 g/mol. The van der Waals surface area contributed by atoms with Crippen LogP contribution < -0.4 is 0 Å². The van der Waals surface area contributed by atoms with E-state index in [1.807, 2.05) is 18.2 Å². The van der Waals surface area contributed by atoms with Gasteiger partial charge in [-0.25, -0.2) is 4.79 Å². The Balaban J connectivity index is 1.66. The lowest BCUT2D eigenvalue weighted by Gasteiger charge is -2.27.